The summed E-state index contributed by atoms with van der Waals surface area (Å²) in [5.41, 5.74) is 14.9. The topological polar surface area (TPSA) is 49.1 Å². The molecule has 0 fully saturated rings. The van der Waals surface area contributed by atoms with Crippen molar-refractivity contribution >= 4 is 37.1 Å². The molecule has 0 bridgehead atoms. The highest BCUT2D eigenvalue weighted by molar-refractivity contribution is 6.01. The number of benzene rings is 5. The van der Waals surface area contributed by atoms with Gasteiger partial charge in [0.1, 0.15) is 0 Å². The minimum atomic E-state index is 0.577. The molecule has 5 aromatic rings. The van der Waals surface area contributed by atoms with E-state index in [-0.39, 0.29) is 0 Å². The maximum atomic E-state index is 4.47. The number of nitrogens with zero attached hydrogens (tertiary/aromatic N) is 3. The zero-order valence-corrected chi connectivity index (χ0v) is 31.2. The fraction of sp³-hybridized carbons (Fsp3) is 0.170. The van der Waals surface area contributed by atoms with Crippen molar-refractivity contribution in [3.8, 4) is 22.3 Å². The van der Waals surface area contributed by atoms with Gasteiger partial charge in [-0.15, -0.1) is 0 Å². The van der Waals surface area contributed by atoms with E-state index in [0.29, 0.717) is 18.9 Å². The van der Waals surface area contributed by atoms with E-state index in [9.17, 15) is 0 Å². The fourth-order valence-electron chi connectivity index (χ4n) is 5.61. The molecule has 0 aromatic heterocycles. The first kappa shape index (κ1) is 39.6. The van der Waals surface area contributed by atoms with Gasteiger partial charge in [0.15, 0.2) is 5.84 Å². The second-order valence-corrected chi connectivity index (χ2v) is 11.6. The van der Waals surface area contributed by atoms with Crippen LogP contribution in [0.1, 0.15) is 65.3 Å². The average molecular weight is 673 g/mol. The zero-order chi connectivity index (χ0) is 37.2. The number of nitrogens with one attached hydrogen (secondary N) is 1. The van der Waals surface area contributed by atoms with Gasteiger partial charge in [-0.3, -0.25) is 9.98 Å². The van der Waals surface area contributed by atoms with Crippen LogP contribution >= 0.6 is 0 Å². The lowest BCUT2D eigenvalue weighted by atomic mass is 9.87. The average Bonchev–Trinajstić information content (AvgIpc) is 3.18. The summed E-state index contributed by atoms with van der Waals surface area (Å²) in [6, 6.07) is 37.4. The van der Waals surface area contributed by atoms with E-state index in [0.717, 1.165) is 39.1 Å². The Morgan fingerprint density at radius 1 is 0.706 bits per heavy atom. The molecule has 0 spiro atoms. The van der Waals surface area contributed by atoms with Crippen molar-refractivity contribution in [2.24, 2.45) is 15.0 Å². The highest BCUT2D eigenvalue weighted by Gasteiger charge is 2.14. The van der Waals surface area contributed by atoms with E-state index in [1.165, 1.54) is 33.4 Å². The van der Waals surface area contributed by atoms with E-state index >= 15 is 0 Å². The van der Waals surface area contributed by atoms with Crippen LogP contribution in [0.2, 0.25) is 0 Å². The molecule has 0 atom stereocenters. The van der Waals surface area contributed by atoms with Crippen LogP contribution in [0.3, 0.4) is 0 Å². The molecule has 4 heteroatoms. The fourth-order valence-corrected chi connectivity index (χ4v) is 5.61. The molecule has 0 saturated carbocycles. The molecule has 0 unspecified atom stereocenters. The van der Waals surface area contributed by atoms with Gasteiger partial charge in [0.25, 0.3) is 0 Å². The molecule has 0 amide bonds. The normalized spacial score (nSPS) is 10.7. The summed E-state index contributed by atoms with van der Waals surface area (Å²) >= 11 is 0. The summed E-state index contributed by atoms with van der Waals surface area (Å²) in [4.78, 5) is 12.6. The van der Waals surface area contributed by atoms with E-state index in [1.54, 1.807) is 0 Å². The van der Waals surface area contributed by atoms with Crippen molar-refractivity contribution in [3.63, 3.8) is 0 Å². The number of amidine groups is 1. The molecule has 5 aromatic carbocycles. The van der Waals surface area contributed by atoms with Gasteiger partial charge in [0, 0.05) is 18.3 Å². The second-order valence-electron chi connectivity index (χ2n) is 11.6. The Kier molecular flexibility index (Phi) is 16.0. The minimum Gasteiger partial charge on any atom is -0.388 e. The van der Waals surface area contributed by atoms with Gasteiger partial charge in [-0.05, 0) is 120 Å². The van der Waals surface area contributed by atoms with E-state index in [1.807, 2.05) is 75.5 Å². The standard InChI is InChI=1S/C30H32N2.C15H14N2.C2H6/c1-8-10-29-21(4)20(3)24(9-2)18-30(29)28-16-23(19-31-6)15-27(17-28)26-13-11-25(12-14-26)22(5)32-7;1-16-15(14-10-6-3-7-11-14)17-12-13-8-4-2-5-9-13;1-2/h8-18,32H,2,5-6,19H2,1,3-4,7H3;2-11H,1,12H2;1-2H3/b10-8-;;. The Morgan fingerprint density at radius 2 is 1.33 bits per heavy atom. The van der Waals surface area contributed by atoms with Gasteiger partial charge in [-0.1, -0.05) is 130 Å². The zero-order valence-electron chi connectivity index (χ0n) is 31.2. The molecule has 0 aliphatic heterocycles. The van der Waals surface area contributed by atoms with Gasteiger partial charge in [-0.2, -0.15) is 0 Å². The lowest BCUT2D eigenvalue weighted by Gasteiger charge is -2.17. The molecule has 0 aliphatic carbocycles. The van der Waals surface area contributed by atoms with Crippen molar-refractivity contribution in [2.75, 3.05) is 7.05 Å². The third-order valence-corrected chi connectivity index (χ3v) is 8.45. The van der Waals surface area contributed by atoms with Crippen molar-refractivity contribution in [2.45, 2.75) is 47.7 Å². The van der Waals surface area contributed by atoms with Gasteiger partial charge >= 0.3 is 0 Å². The van der Waals surface area contributed by atoms with E-state index in [4.69, 9.17) is 0 Å². The largest absolute Gasteiger partial charge is 0.388 e. The van der Waals surface area contributed by atoms with Gasteiger partial charge in [0.2, 0.25) is 0 Å². The summed E-state index contributed by atoms with van der Waals surface area (Å²) in [7, 11) is 1.89. The van der Waals surface area contributed by atoms with E-state index < -0.39 is 0 Å². The summed E-state index contributed by atoms with van der Waals surface area (Å²) < 4.78 is 0. The molecule has 0 saturated heterocycles. The van der Waals surface area contributed by atoms with Crippen molar-refractivity contribution in [1.29, 1.82) is 0 Å². The predicted octanol–water partition coefficient (Wildman–Crippen LogP) is 12.1. The molecule has 260 valence electrons. The summed E-state index contributed by atoms with van der Waals surface area (Å²) in [6.45, 7) is 27.0. The maximum absolute atomic E-state index is 4.47. The third kappa shape index (κ3) is 10.8. The number of hydrogen-bond donors (Lipinski definition) is 1. The number of rotatable bonds is 11. The van der Waals surface area contributed by atoms with Gasteiger partial charge in [-0.25, -0.2) is 4.99 Å². The highest BCUT2D eigenvalue weighted by Crippen LogP contribution is 2.35. The quantitative estimate of drug-likeness (QED) is 0.110. The number of aliphatic imine (C=N–C) groups is 3. The molecule has 51 heavy (non-hydrogen) atoms. The Morgan fingerprint density at radius 3 is 1.90 bits per heavy atom. The molecular formula is C47H52N4. The first-order valence-corrected chi connectivity index (χ1v) is 17.4. The van der Waals surface area contributed by atoms with Crippen molar-refractivity contribution in [3.05, 3.63) is 173 Å². The predicted molar refractivity (Wildman–Crippen MR) is 227 cm³/mol. The molecule has 0 aliphatic rings. The Labute approximate surface area is 306 Å². The number of hydrogen-bond acceptors (Lipinski definition) is 3. The third-order valence-electron chi connectivity index (χ3n) is 8.45. The summed E-state index contributed by atoms with van der Waals surface area (Å²) in [6.07, 6.45) is 6.23. The van der Waals surface area contributed by atoms with Crippen LogP contribution in [0.25, 0.3) is 40.1 Å². The number of allylic oxidation sites excluding steroid dienone is 1. The van der Waals surface area contributed by atoms with Crippen LogP contribution in [0.4, 0.5) is 0 Å². The van der Waals surface area contributed by atoms with E-state index in [2.05, 4.69) is 140 Å². The maximum Gasteiger partial charge on any atom is 0.154 e. The molecule has 0 radical (unpaired) electrons. The van der Waals surface area contributed by atoms with Crippen LogP contribution < -0.4 is 5.32 Å². The molecular weight excluding hydrogens is 621 g/mol. The lowest BCUT2D eigenvalue weighted by Crippen LogP contribution is -2.02. The minimum absolute atomic E-state index is 0.577. The monoisotopic (exact) mass is 672 g/mol. The van der Waals surface area contributed by atoms with Crippen LogP contribution in [-0.4, -0.2) is 26.3 Å². The van der Waals surface area contributed by atoms with Gasteiger partial charge < -0.3 is 5.32 Å². The molecule has 4 nitrogen and oxygen atoms in total. The SMILES string of the molecule is C=Cc1cc(-c2cc(CN=C)cc(-c3ccc(C(=C)NC)cc3)c2)c(/C=C\C)c(C)c1C.C=NC(=NCc1ccccc1)c1ccccc1.CC. The van der Waals surface area contributed by atoms with Crippen LogP contribution in [0, 0.1) is 13.8 Å². The Balaban J connectivity index is 0.000000310. The van der Waals surface area contributed by atoms with Crippen LogP contribution in [-0.2, 0) is 13.1 Å². The van der Waals surface area contributed by atoms with Crippen LogP contribution in [0.15, 0.2) is 143 Å². The molecule has 1 N–H and O–H groups in total. The summed E-state index contributed by atoms with van der Waals surface area (Å²) in [5.74, 6) is 0.689. The first-order chi connectivity index (χ1) is 24.8. The van der Waals surface area contributed by atoms with Crippen molar-refractivity contribution in [1.82, 2.24) is 5.32 Å². The highest BCUT2D eigenvalue weighted by atomic mass is 14.9. The molecule has 5 rings (SSSR count). The van der Waals surface area contributed by atoms with Gasteiger partial charge in [0.05, 0.1) is 13.1 Å². The lowest BCUT2D eigenvalue weighted by molar-refractivity contribution is 1.06. The second kappa shape index (κ2) is 20.6. The smallest absolute Gasteiger partial charge is 0.154 e. The van der Waals surface area contributed by atoms with Crippen LogP contribution in [0.5, 0.6) is 0 Å². The summed E-state index contributed by atoms with van der Waals surface area (Å²) in [5, 5.41) is 3.11. The van der Waals surface area contributed by atoms with Crippen molar-refractivity contribution < 1.29 is 0 Å². The first-order valence-electron chi connectivity index (χ1n) is 17.4. The Hall–Kier alpha value is -5.87. The Bertz CT molecular complexity index is 1970. The molecule has 0 heterocycles.